The summed E-state index contributed by atoms with van der Waals surface area (Å²) in [5.41, 5.74) is 5.89. The third kappa shape index (κ3) is 2.01. The van der Waals surface area contributed by atoms with Gasteiger partial charge in [0.1, 0.15) is 5.75 Å². The van der Waals surface area contributed by atoms with Crippen molar-refractivity contribution in [2.24, 2.45) is 0 Å². The van der Waals surface area contributed by atoms with E-state index in [0.29, 0.717) is 0 Å². The third-order valence-electron chi connectivity index (χ3n) is 3.42. The van der Waals surface area contributed by atoms with E-state index in [2.05, 4.69) is 38.9 Å². The van der Waals surface area contributed by atoms with Gasteiger partial charge in [-0.15, -0.1) is 0 Å². The van der Waals surface area contributed by atoms with Gasteiger partial charge in [0.2, 0.25) is 0 Å². The van der Waals surface area contributed by atoms with Gasteiger partial charge in [-0.25, -0.2) is 4.68 Å². The summed E-state index contributed by atoms with van der Waals surface area (Å²) in [6.45, 7) is 8.41. The lowest BCUT2D eigenvalue weighted by Gasteiger charge is -2.09. The molecule has 1 aromatic carbocycles. The van der Waals surface area contributed by atoms with E-state index >= 15 is 0 Å². The van der Waals surface area contributed by atoms with Crippen molar-refractivity contribution in [3.63, 3.8) is 0 Å². The fourth-order valence-corrected chi connectivity index (χ4v) is 2.43. The number of hydrogen-bond acceptors (Lipinski definition) is 2. The number of aryl methyl sites for hydroxylation is 2. The topological polar surface area (TPSA) is 27.1 Å². The predicted octanol–water partition coefficient (Wildman–Crippen LogP) is 3.37. The maximum atomic E-state index is 5.29. The normalized spacial score (nSPS) is 10.7. The van der Waals surface area contributed by atoms with Crippen LogP contribution in [0.25, 0.3) is 5.69 Å². The van der Waals surface area contributed by atoms with Gasteiger partial charge in [0, 0.05) is 5.69 Å². The summed E-state index contributed by atoms with van der Waals surface area (Å²) < 4.78 is 7.30. The minimum atomic E-state index is 0.913. The highest BCUT2D eigenvalue weighted by Crippen LogP contribution is 2.23. The van der Waals surface area contributed by atoms with Gasteiger partial charge in [-0.05, 0) is 56.5 Å². The standard InChI is InChI=1S/C15H20N2O/c1-6-14-11(3)16-17(12(14)4)13-7-8-15(18-5)10(2)9-13/h7-9H,6H2,1-5H3. The van der Waals surface area contributed by atoms with Crippen LogP contribution >= 0.6 is 0 Å². The second kappa shape index (κ2) is 4.84. The van der Waals surface area contributed by atoms with Crippen LogP contribution in [0, 0.1) is 20.8 Å². The molecule has 96 valence electrons. The Bertz CT molecular complexity index is 570. The minimum absolute atomic E-state index is 0.913. The summed E-state index contributed by atoms with van der Waals surface area (Å²) in [5.74, 6) is 0.913. The van der Waals surface area contributed by atoms with E-state index in [9.17, 15) is 0 Å². The Labute approximate surface area is 108 Å². The molecule has 18 heavy (non-hydrogen) atoms. The zero-order valence-electron chi connectivity index (χ0n) is 11.7. The summed E-state index contributed by atoms with van der Waals surface area (Å²) in [6.07, 6.45) is 1.02. The number of hydrogen-bond donors (Lipinski definition) is 0. The number of benzene rings is 1. The van der Waals surface area contributed by atoms with Crippen molar-refractivity contribution in [1.82, 2.24) is 9.78 Å². The summed E-state index contributed by atoms with van der Waals surface area (Å²) in [7, 11) is 1.69. The van der Waals surface area contributed by atoms with E-state index in [0.717, 1.165) is 29.1 Å². The molecule has 0 fully saturated rings. The number of nitrogens with zero attached hydrogens (tertiary/aromatic N) is 2. The first-order valence-electron chi connectivity index (χ1n) is 6.28. The van der Waals surface area contributed by atoms with Gasteiger partial charge in [0.05, 0.1) is 18.5 Å². The third-order valence-corrected chi connectivity index (χ3v) is 3.42. The van der Waals surface area contributed by atoms with Crippen molar-refractivity contribution in [2.45, 2.75) is 34.1 Å². The molecular weight excluding hydrogens is 224 g/mol. The van der Waals surface area contributed by atoms with Crippen LogP contribution in [0.4, 0.5) is 0 Å². The molecule has 0 amide bonds. The van der Waals surface area contributed by atoms with Gasteiger partial charge >= 0.3 is 0 Å². The Balaban J connectivity index is 2.52. The zero-order valence-corrected chi connectivity index (χ0v) is 11.7. The highest BCUT2D eigenvalue weighted by Gasteiger charge is 2.11. The van der Waals surface area contributed by atoms with Crippen LogP contribution in [0.3, 0.4) is 0 Å². The first kappa shape index (κ1) is 12.7. The lowest BCUT2D eigenvalue weighted by Crippen LogP contribution is -2.00. The molecule has 0 aliphatic rings. The molecule has 0 unspecified atom stereocenters. The lowest BCUT2D eigenvalue weighted by atomic mass is 10.1. The van der Waals surface area contributed by atoms with Crippen LogP contribution < -0.4 is 4.74 Å². The molecule has 0 aliphatic carbocycles. The highest BCUT2D eigenvalue weighted by atomic mass is 16.5. The predicted molar refractivity (Wildman–Crippen MR) is 73.7 cm³/mol. The average molecular weight is 244 g/mol. The molecular formula is C15H20N2O. The molecule has 3 nitrogen and oxygen atoms in total. The van der Waals surface area contributed by atoms with E-state index in [-0.39, 0.29) is 0 Å². The second-order valence-electron chi connectivity index (χ2n) is 4.57. The first-order chi connectivity index (χ1) is 8.58. The van der Waals surface area contributed by atoms with Crippen molar-refractivity contribution < 1.29 is 4.74 Å². The lowest BCUT2D eigenvalue weighted by molar-refractivity contribution is 0.411. The molecule has 0 saturated heterocycles. The second-order valence-corrected chi connectivity index (χ2v) is 4.57. The monoisotopic (exact) mass is 244 g/mol. The van der Waals surface area contributed by atoms with Gasteiger partial charge in [-0.1, -0.05) is 6.92 Å². The SMILES string of the molecule is CCc1c(C)nn(-c2ccc(OC)c(C)c2)c1C. The van der Waals surface area contributed by atoms with E-state index in [1.165, 1.54) is 11.3 Å². The van der Waals surface area contributed by atoms with Crippen LogP contribution in [-0.2, 0) is 6.42 Å². The maximum absolute atomic E-state index is 5.29. The molecule has 0 radical (unpaired) electrons. The van der Waals surface area contributed by atoms with Gasteiger partial charge in [0.15, 0.2) is 0 Å². The molecule has 2 aromatic rings. The number of methoxy groups -OCH3 is 1. The van der Waals surface area contributed by atoms with E-state index in [1.807, 2.05) is 16.8 Å². The Morgan fingerprint density at radius 3 is 2.44 bits per heavy atom. The van der Waals surface area contributed by atoms with Crippen molar-refractivity contribution in [1.29, 1.82) is 0 Å². The van der Waals surface area contributed by atoms with Gasteiger partial charge in [0.25, 0.3) is 0 Å². The highest BCUT2D eigenvalue weighted by molar-refractivity contribution is 5.45. The molecule has 1 aromatic heterocycles. The molecule has 2 rings (SSSR count). The Kier molecular flexibility index (Phi) is 3.41. The van der Waals surface area contributed by atoms with Crippen molar-refractivity contribution in [2.75, 3.05) is 7.11 Å². The summed E-state index contributed by atoms with van der Waals surface area (Å²) >= 11 is 0. The molecule has 0 bridgehead atoms. The van der Waals surface area contributed by atoms with Gasteiger partial charge in [-0.3, -0.25) is 0 Å². The molecule has 0 N–H and O–H groups in total. The largest absolute Gasteiger partial charge is 0.496 e. The first-order valence-corrected chi connectivity index (χ1v) is 6.28. The van der Waals surface area contributed by atoms with Crippen LogP contribution in [0.1, 0.15) is 29.4 Å². The van der Waals surface area contributed by atoms with Crippen molar-refractivity contribution in [3.05, 3.63) is 40.7 Å². The number of aromatic nitrogens is 2. The smallest absolute Gasteiger partial charge is 0.121 e. The van der Waals surface area contributed by atoms with Crippen LogP contribution in [0.5, 0.6) is 5.75 Å². The average Bonchev–Trinajstić information content (AvgIpc) is 2.64. The molecule has 3 heteroatoms. The van der Waals surface area contributed by atoms with E-state index < -0.39 is 0 Å². The van der Waals surface area contributed by atoms with Crippen LogP contribution in [0.15, 0.2) is 18.2 Å². The molecule has 0 spiro atoms. The minimum Gasteiger partial charge on any atom is -0.496 e. The quantitative estimate of drug-likeness (QED) is 0.827. The van der Waals surface area contributed by atoms with Gasteiger partial charge in [-0.2, -0.15) is 5.10 Å². The number of ether oxygens (including phenoxy) is 1. The zero-order chi connectivity index (χ0) is 13.3. The Morgan fingerprint density at radius 2 is 1.94 bits per heavy atom. The summed E-state index contributed by atoms with van der Waals surface area (Å²) in [6, 6.07) is 6.15. The molecule has 0 aliphatic heterocycles. The number of rotatable bonds is 3. The van der Waals surface area contributed by atoms with Crippen LogP contribution in [-0.4, -0.2) is 16.9 Å². The fraction of sp³-hybridized carbons (Fsp3) is 0.400. The molecule has 1 heterocycles. The van der Waals surface area contributed by atoms with E-state index in [4.69, 9.17) is 4.74 Å². The molecule has 0 saturated carbocycles. The van der Waals surface area contributed by atoms with Crippen LogP contribution in [0.2, 0.25) is 0 Å². The summed E-state index contributed by atoms with van der Waals surface area (Å²) in [5, 5.41) is 4.62. The van der Waals surface area contributed by atoms with Crippen molar-refractivity contribution >= 4 is 0 Å². The maximum Gasteiger partial charge on any atom is 0.121 e. The van der Waals surface area contributed by atoms with Gasteiger partial charge < -0.3 is 4.74 Å². The van der Waals surface area contributed by atoms with E-state index in [1.54, 1.807) is 7.11 Å². The molecule has 0 atom stereocenters. The fourth-order valence-electron chi connectivity index (χ4n) is 2.43. The Hall–Kier alpha value is -1.77. The Morgan fingerprint density at radius 1 is 1.22 bits per heavy atom. The summed E-state index contributed by atoms with van der Waals surface area (Å²) in [4.78, 5) is 0. The van der Waals surface area contributed by atoms with Crippen molar-refractivity contribution in [3.8, 4) is 11.4 Å².